The van der Waals surface area contributed by atoms with Gasteiger partial charge in [0.2, 0.25) is 5.91 Å². The Balaban J connectivity index is 1.95. The number of nitrogens with zero attached hydrogens (tertiary/aromatic N) is 1. The first-order valence-electron chi connectivity index (χ1n) is 10.3. The summed E-state index contributed by atoms with van der Waals surface area (Å²) >= 11 is 12.5. The van der Waals surface area contributed by atoms with Crippen LogP contribution in [0.4, 0.5) is 5.69 Å². The number of aryl methyl sites for hydroxylation is 1. The summed E-state index contributed by atoms with van der Waals surface area (Å²) in [6.07, 6.45) is 1.25. The van der Waals surface area contributed by atoms with E-state index in [9.17, 15) is 9.59 Å². The van der Waals surface area contributed by atoms with Crippen molar-refractivity contribution in [3.05, 3.63) is 68.8 Å². The van der Waals surface area contributed by atoms with E-state index >= 15 is 0 Å². The lowest BCUT2D eigenvalue weighted by atomic mass is 9.69. The molecule has 0 N–H and O–H groups in total. The van der Waals surface area contributed by atoms with Gasteiger partial charge in [-0.1, -0.05) is 49.2 Å². The number of hydrogen-bond donors (Lipinski definition) is 0. The molecule has 1 heterocycles. The number of Topliss-reactive ketones (excluding diaryl/α,β-unsaturated/α-hetero) is 1. The lowest BCUT2D eigenvalue weighted by Gasteiger charge is -2.43. The predicted molar refractivity (Wildman–Crippen MR) is 124 cm³/mol. The van der Waals surface area contributed by atoms with Crippen LogP contribution >= 0.6 is 23.2 Å². The molecule has 0 spiro atoms. The first-order valence-corrected chi connectivity index (χ1v) is 11.1. The van der Waals surface area contributed by atoms with Crippen LogP contribution in [0.2, 0.25) is 10.0 Å². The van der Waals surface area contributed by atoms with Crippen molar-refractivity contribution in [1.29, 1.82) is 0 Å². The molecule has 2 aliphatic rings. The molecule has 4 nitrogen and oxygen atoms in total. The third kappa shape index (κ3) is 3.99. The summed E-state index contributed by atoms with van der Waals surface area (Å²) in [4.78, 5) is 28.6. The van der Waals surface area contributed by atoms with Gasteiger partial charge in [0.25, 0.3) is 0 Å². The first-order chi connectivity index (χ1) is 14.6. The number of benzene rings is 2. The van der Waals surface area contributed by atoms with Gasteiger partial charge in [0, 0.05) is 46.1 Å². The monoisotopic (exact) mass is 457 g/mol. The number of hydrogen-bond acceptors (Lipinski definition) is 3. The van der Waals surface area contributed by atoms with Gasteiger partial charge in [-0.25, -0.2) is 0 Å². The number of ketones is 1. The highest BCUT2D eigenvalue weighted by atomic mass is 35.5. The Morgan fingerprint density at radius 3 is 2.52 bits per heavy atom. The standard InChI is InChI=1S/C25H25Cl2NO3/c1-14-8-19(22(31-4)11-18(14)27)28-20-12-25(2,3)13-21(29)24(20)17(10-23(28)30)15-6-5-7-16(26)9-15/h5-9,11,17H,10,12-13H2,1-4H3. The Morgan fingerprint density at radius 1 is 1.10 bits per heavy atom. The van der Waals surface area contributed by atoms with Crippen LogP contribution in [0.1, 0.15) is 50.2 Å². The second-order valence-corrected chi connectivity index (χ2v) is 9.96. The molecule has 0 saturated heterocycles. The van der Waals surface area contributed by atoms with Gasteiger partial charge in [0.15, 0.2) is 5.78 Å². The fourth-order valence-corrected chi connectivity index (χ4v) is 5.04. The second kappa shape index (κ2) is 7.99. The van der Waals surface area contributed by atoms with Gasteiger partial charge in [0.1, 0.15) is 5.75 Å². The molecular weight excluding hydrogens is 433 g/mol. The number of rotatable bonds is 3. The van der Waals surface area contributed by atoms with Crippen LogP contribution in [-0.2, 0) is 9.59 Å². The molecule has 2 aromatic rings. The van der Waals surface area contributed by atoms with E-state index < -0.39 is 0 Å². The van der Waals surface area contributed by atoms with Crippen LogP contribution in [0, 0.1) is 12.3 Å². The molecule has 6 heteroatoms. The van der Waals surface area contributed by atoms with E-state index in [1.54, 1.807) is 24.1 Å². The van der Waals surface area contributed by atoms with E-state index in [1.807, 2.05) is 31.2 Å². The average molecular weight is 458 g/mol. The van der Waals surface area contributed by atoms with Crippen molar-refractivity contribution in [1.82, 2.24) is 0 Å². The van der Waals surface area contributed by atoms with E-state index in [2.05, 4.69) is 13.8 Å². The van der Waals surface area contributed by atoms with Crippen molar-refractivity contribution in [2.45, 2.75) is 46.0 Å². The number of allylic oxidation sites excluding steroid dienone is 2. The van der Waals surface area contributed by atoms with Gasteiger partial charge in [-0.2, -0.15) is 0 Å². The van der Waals surface area contributed by atoms with Gasteiger partial charge < -0.3 is 4.74 Å². The van der Waals surface area contributed by atoms with Crippen LogP contribution in [0.5, 0.6) is 5.75 Å². The summed E-state index contributed by atoms with van der Waals surface area (Å²) in [6, 6.07) is 11.0. The molecular formula is C25H25Cl2NO3. The van der Waals surface area contributed by atoms with Gasteiger partial charge >= 0.3 is 0 Å². The maximum absolute atomic E-state index is 13.6. The second-order valence-electron chi connectivity index (χ2n) is 9.12. The van der Waals surface area contributed by atoms with Crippen molar-refractivity contribution < 1.29 is 14.3 Å². The van der Waals surface area contributed by atoms with Crippen molar-refractivity contribution >= 4 is 40.6 Å². The molecule has 2 aromatic carbocycles. The van der Waals surface area contributed by atoms with Crippen molar-refractivity contribution in [2.75, 3.05) is 12.0 Å². The topological polar surface area (TPSA) is 46.6 Å². The minimum absolute atomic E-state index is 0.0748. The quantitative estimate of drug-likeness (QED) is 0.529. The number of carbonyl (C=O) groups excluding carboxylic acids is 2. The van der Waals surface area contributed by atoms with Crippen LogP contribution in [0.25, 0.3) is 0 Å². The molecule has 1 amide bonds. The fraction of sp³-hybridized carbons (Fsp3) is 0.360. The number of anilines is 1. The van der Waals surface area contributed by atoms with E-state index in [0.717, 1.165) is 16.8 Å². The zero-order chi connectivity index (χ0) is 22.5. The molecule has 0 radical (unpaired) electrons. The fourth-order valence-electron chi connectivity index (χ4n) is 4.69. The smallest absolute Gasteiger partial charge is 0.232 e. The minimum atomic E-state index is -0.305. The van der Waals surface area contributed by atoms with Gasteiger partial charge in [0.05, 0.1) is 12.8 Å². The number of carbonyl (C=O) groups is 2. The molecule has 31 heavy (non-hydrogen) atoms. The maximum atomic E-state index is 13.6. The summed E-state index contributed by atoms with van der Waals surface area (Å²) in [5.41, 5.74) is 3.56. The van der Waals surface area contributed by atoms with E-state index in [-0.39, 0.29) is 29.4 Å². The molecule has 162 valence electrons. The highest BCUT2D eigenvalue weighted by Gasteiger charge is 2.45. The molecule has 0 aromatic heterocycles. The van der Waals surface area contributed by atoms with Crippen LogP contribution in [-0.4, -0.2) is 18.8 Å². The third-order valence-electron chi connectivity index (χ3n) is 6.10. The number of methoxy groups -OCH3 is 1. The molecule has 4 rings (SSSR count). The van der Waals surface area contributed by atoms with Crippen LogP contribution < -0.4 is 9.64 Å². The maximum Gasteiger partial charge on any atom is 0.232 e. The summed E-state index contributed by atoms with van der Waals surface area (Å²) in [5.74, 6) is 0.209. The Morgan fingerprint density at radius 2 is 1.84 bits per heavy atom. The molecule has 1 unspecified atom stereocenters. The number of halogens is 2. The van der Waals surface area contributed by atoms with E-state index in [0.29, 0.717) is 39.9 Å². The molecule has 1 aliphatic heterocycles. The first kappa shape index (κ1) is 21.9. The summed E-state index contributed by atoms with van der Waals surface area (Å²) in [5, 5.41) is 1.16. The Bertz CT molecular complexity index is 1120. The Labute approximate surface area is 192 Å². The summed E-state index contributed by atoms with van der Waals surface area (Å²) in [7, 11) is 1.55. The molecule has 0 saturated carbocycles. The average Bonchev–Trinajstić information content (AvgIpc) is 2.68. The normalized spacial score (nSPS) is 20.7. The molecule has 1 aliphatic carbocycles. The van der Waals surface area contributed by atoms with Gasteiger partial charge in [-0.15, -0.1) is 0 Å². The lowest BCUT2D eigenvalue weighted by Crippen LogP contribution is -2.43. The number of amides is 1. The van der Waals surface area contributed by atoms with Crippen molar-refractivity contribution in [2.24, 2.45) is 5.41 Å². The zero-order valence-electron chi connectivity index (χ0n) is 18.1. The number of ether oxygens (including phenoxy) is 1. The Hall–Kier alpha value is -2.30. The predicted octanol–water partition coefficient (Wildman–Crippen LogP) is 6.47. The minimum Gasteiger partial charge on any atom is -0.495 e. The Kier molecular flexibility index (Phi) is 5.65. The highest BCUT2D eigenvalue weighted by Crippen LogP contribution is 2.50. The highest BCUT2D eigenvalue weighted by molar-refractivity contribution is 6.31. The van der Waals surface area contributed by atoms with E-state index in [1.165, 1.54) is 0 Å². The largest absolute Gasteiger partial charge is 0.495 e. The van der Waals surface area contributed by atoms with E-state index in [4.69, 9.17) is 27.9 Å². The third-order valence-corrected chi connectivity index (χ3v) is 6.74. The van der Waals surface area contributed by atoms with Crippen LogP contribution in [0.3, 0.4) is 0 Å². The molecule has 0 bridgehead atoms. The van der Waals surface area contributed by atoms with Crippen molar-refractivity contribution in [3.8, 4) is 5.75 Å². The SMILES string of the molecule is COc1cc(Cl)c(C)cc1N1C(=O)CC(c2cccc(Cl)c2)C2=C1CC(C)(C)CC2=O. The van der Waals surface area contributed by atoms with Gasteiger partial charge in [-0.3, -0.25) is 14.5 Å². The summed E-state index contributed by atoms with van der Waals surface area (Å²) < 4.78 is 5.57. The molecule has 0 fully saturated rings. The molecule has 1 atom stereocenters. The van der Waals surface area contributed by atoms with Gasteiger partial charge in [-0.05, 0) is 48.1 Å². The lowest BCUT2D eigenvalue weighted by molar-refractivity contribution is -0.121. The van der Waals surface area contributed by atoms with Crippen LogP contribution in [0.15, 0.2) is 47.7 Å². The summed E-state index contributed by atoms with van der Waals surface area (Å²) in [6.45, 7) is 6.01. The zero-order valence-corrected chi connectivity index (χ0v) is 19.6. The van der Waals surface area contributed by atoms with Crippen molar-refractivity contribution in [3.63, 3.8) is 0 Å².